The van der Waals surface area contributed by atoms with Gasteiger partial charge < -0.3 is 29.4 Å². The Morgan fingerprint density at radius 2 is 1.97 bits per heavy atom. The van der Waals surface area contributed by atoms with Crippen LogP contribution >= 0.6 is 0 Å². The molecule has 1 amide bonds. The Balaban J connectivity index is 1.52. The second kappa shape index (κ2) is 9.84. The van der Waals surface area contributed by atoms with E-state index >= 15 is 0 Å². The van der Waals surface area contributed by atoms with Gasteiger partial charge >= 0.3 is 0 Å². The van der Waals surface area contributed by atoms with Gasteiger partial charge in [0.15, 0.2) is 29.1 Å². The number of methoxy groups -OCH3 is 2. The summed E-state index contributed by atoms with van der Waals surface area (Å²) in [6.45, 7) is 1.46. The molecule has 0 spiro atoms. The molecule has 29 heavy (non-hydrogen) atoms. The normalized spacial score (nSPS) is 13.9. The molecule has 1 aliphatic rings. The number of phenols is 1. The summed E-state index contributed by atoms with van der Waals surface area (Å²) in [5, 5.41) is 12.7. The fraction of sp³-hybridized carbons (Fsp3) is 0.318. The molecule has 0 aromatic heterocycles. The summed E-state index contributed by atoms with van der Waals surface area (Å²) in [6.07, 6.45) is 3.71. The molecule has 3 rings (SSSR count). The first-order chi connectivity index (χ1) is 14.1. The number of ether oxygens (including phenoxy) is 4. The Hall–Kier alpha value is -3.19. The van der Waals surface area contributed by atoms with Gasteiger partial charge in [-0.3, -0.25) is 4.79 Å². The van der Waals surface area contributed by atoms with Crippen LogP contribution in [0.1, 0.15) is 23.7 Å². The number of benzene rings is 2. The average molecular weight is 399 g/mol. The fourth-order valence-corrected chi connectivity index (χ4v) is 3.02. The molecule has 2 aromatic carbocycles. The molecule has 0 bridgehead atoms. The molecule has 0 aliphatic carbocycles. The van der Waals surface area contributed by atoms with Crippen molar-refractivity contribution in [3.63, 3.8) is 0 Å². The van der Waals surface area contributed by atoms with E-state index in [4.69, 9.17) is 18.9 Å². The van der Waals surface area contributed by atoms with Gasteiger partial charge in [-0.15, -0.1) is 0 Å². The van der Waals surface area contributed by atoms with Gasteiger partial charge in [0.05, 0.1) is 7.11 Å². The molecule has 0 radical (unpaired) electrons. The van der Waals surface area contributed by atoms with Crippen LogP contribution in [-0.2, 0) is 9.53 Å². The largest absolute Gasteiger partial charge is 0.504 e. The second-order valence-corrected chi connectivity index (χ2v) is 6.43. The number of phenolic OH excluding ortho intramolecular Hbond substituents is 1. The van der Waals surface area contributed by atoms with Crippen molar-refractivity contribution in [1.82, 2.24) is 5.32 Å². The van der Waals surface area contributed by atoms with Gasteiger partial charge in [-0.2, -0.15) is 0 Å². The SMILES string of the molecule is COc1ccc(/C=C/CCNC(=O)C(OC)c2ccc3c(c2)OCCO3)cc1O. The second-order valence-electron chi connectivity index (χ2n) is 6.43. The van der Waals surface area contributed by atoms with Gasteiger partial charge in [0.1, 0.15) is 13.2 Å². The first kappa shape index (κ1) is 20.5. The Morgan fingerprint density at radius 3 is 2.69 bits per heavy atom. The number of fused-ring (bicyclic) bond motifs is 1. The van der Waals surface area contributed by atoms with E-state index in [-0.39, 0.29) is 11.7 Å². The molecule has 0 fully saturated rings. The van der Waals surface area contributed by atoms with Gasteiger partial charge in [0.25, 0.3) is 5.91 Å². The molecule has 1 atom stereocenters. The monoisotopic (exact) mass is 399 g/mol. The molecule has 1 heterocycles. The van der Waals surface area contributed by atoms with E-state index in [0.717, 1.165) is 5.56 Å². The summed E-state index contributed by atoms with van der Waals surface area (Å²) in [7, 11) is 3.00. The Morgan fingerprint density at radius 1 is 1.17 bits per heavy atom. The van der Waals surface area contributed by atoms with E-state index in [9.17, 15) is 9.90 Å². The summed E-state index contributed by atoms with van der Waals surface area (Å²) >= 11 is 0. The van der Waals surface area contributed by atoms with Crippen molar-refractivity contribution in [1.29, 1.82) is 0 Å². The van der Waals surface area contributed by atoms with E-state index in [1.54, 1.807) is 30.3 Å². The molecule has 0 saturated carbocycles. The van der Waals surface area contributed by atoms with Gasteiger partial charge in [0.2, 0.25) is 0 Å². The van der Waals surface area contributed by atoms with Crippen LogP contribution in [0.5, 0.6) is 23.0 Å². The van der Waals surface area contributed by atoms with Crippen LogP contribution in [0.2, 0.25) is 0 Å². The van der Waals surface area contributed by atoms with Crippen LogP contribution in [-0.4, -0.2) is 45.0 Å². The minimum absolute atomic E-state index is 0.0883. The molecule has 2 aromatic rings. The van der Waals surface area contributed by atoms with Crippen LogP contribution in [0.15, 0.2) is 42.5 Å². The summed E-state index contributed by atoms with van der Waals surface area (Å²) in [5.74, 6) is 1.59. The van der Waals surface area contributed by atoms with Crippen LogP contribution < -0.4 is 19.5 Å². The third-order valence-corrected chi connectivity index (χ3v) is 4.47. The van der Waals surface area contributed by atoms with Crippen molar-refractivity contribution in [2.45, 2.75) is 12.5 Å². The summed E-state index contributed by atoms with van der Waals surface area (Å²) in [4.78, 5) is 12.5. The zero-order valence-electron chi connectivity index (χ0n) is 16.5. The Kier molecular flexibility index (Phi) is 6.97. The van der Waals surface area contributed by atoms with Crippen molar-refractivity contribution >= 4 is 12.0 Å². The third kappa shape index (κ3) is 5.20. The van der Waals surface area contributed by atoms with E-state index < -0.39 is 6.10 Å². The molecule has 154 valence electrons. The van der Waals surface area contributed by atoms with Gasteiger partial charge in [0, 0.05) is 13.7 Å². The van der Waals surface area contributed by atoms with Gasteiger partial charge in [-0.1, -0.05) is 24.3 Å². The first-order valence-corrected chi connectivity index (χ1v) is 9.36. The number of hydrogen-bond acceptors (Lipinski definition) is 6. The number of carbonyl (C=O) groups is 1. The molecule has 7 nitrogen and oxygen atoms in total. The lowest BCUT2D eigenvalue weighted by Crippen LogP contribution is -2.31. The number of amides is 1. The smallest absolute Gasteiger partial charge is 0.253 e. The van der Waals surface area contributed by atoms with Gasteiger partial charge in [-0.05, 0) is 41.8 Å². The van der Waals surface area contributed by atoms with Crippen LogP contribution in [0.25, 0.3) is 6.08 Å². The highest BCUT2D eigenvalue weighted by atomic mass is 16.6. The summed E-state index contributed by atoms with van der Waals surface area (Å²) < 4.78 is 21.5. The maximum Gasteiger partial charge on any atom is 0.253 e. The molecule has 0 saturated heterocycles. The molecule has 7 heteroatoms. The van der Waals surface area contributed by atoms with E-state index in [0.29, 0.717) is 49.0 Å². The quantitative estimate of drug-likeness (QED) is 0.664. The highest BCUT2D eigenvalue weighted by Gasteiger charge is 2.22. The van der Waals surface area contributed by atoms with Crippen molar-refractivity contribution in [3.05, 3.63) is 53.6 Å². The third-order valence-electron chi connectivity index (χ3n) is 4.47. The number of nitrogens with one attached hydrogen (secondary N) is 1. The summed E-state index contributed by atoms with van der Waals surface area (Å²) in [6, 6.07) is 10.5. The number of rotatable bonds is 8. The maximum atomic E-state index is 12.5. The molecular formula is C22H25NO6. The minimum Gasteiger partial charge on any atom is -0.504 e. The van der Waals surface area contributed by atoms with Crippen molar-refractivity contribution in [3.8, 4) is 23.0 Å². The Labute approximate surface area is 169 Å². The zero-order chi connectivity index (χ0) is 20.6. The molecular weight excluding hydrogens is 374 g/mol. The van der Waals surface area contributed by atoms with Crippen molar-refractivity contribution in [2.75, 3.05) is 34.0 Å². The maximum absolute atomic E-state index is 12.5. The first-order valence-electron chi connectivity index (χ1n) is 9.36. The van der Waals surface area contributed by atoms with Crippen LogP contribution in [0, 0.1) is 0 Å². The standard InChI is InChI=1S/C22H25NO6/c1-26-18-8-6-15(13-17(18)24)5-3-4-10-23-22(25)21(27-2)16-7-9-19-20(14-16)29-12-11-28-19/h3,5-9,13-14,21,24H,4,10-12H2,1-2H3,(H,23,25)/b5-3+. The predicted octanol–water partition coefficient (Wildman–Crippen LogP) is 3.08. The highest BCUT2D eigenvalue weighted by Crippen LogP contribution is 2.33. The van der Waals surface area contributed by atoms with Crippen LogP contribution in [0.3, 0.4) is 0 Å². The Bertz CT molecular complexity index is 880. The number of hydrogen-bond donors (Lipinski definition) is 2. The fourth-order valence-electron chi connectivity index (χ4n) is 3.02. The van der Waals surface area contributed by atoms with Crippen LogP contribution in [0.4, 0.5) is 0 Å². The van der Waals surface area contributed by atoms with E-state index in [1.807, 2.05) is 18.2 Å². The van der Waals surface area contributed by atoms with E-state index in [2.05, 4.69) is 5.32 Å². The van der Waals surface area contributed by atoms with Crippen molar-refractivity contribution < 1.29 is 28.8 Å². The topological polar surface area (TPSA) is 86.3 Å². The van der Waals surface area contributed by atoms with E-state index in [1.165, 1.54) is 14.2 Å². The zero-order valence-corrected chi connectivity index (χ0v) is 16.5. The lowest BCUT2D eigenvalue weighted by Gasteiger charge is -2.21. The molecule has 2 N–H and O–H groups in total. The molecule has 1 aliphatic heterocycles. The van der Waals surface area contributed by atoms with Crippen molar-refractivity contribution in [2.24, 2.45) is 0 Å². The van der Waals surface area contributed by atoms with Gasteiger partial charge in [-0.25, -0.2) is 0 Å². The summed E-state index contributed by atoms with van der Waals surface area (Å²) in [5.41, 5.74) is 1.55. The predicted molar refractivity (Wildman–Crippen MR) is 109 cm³/mol. The number of aromatic hydroxyl groups is 1. The highest BCUT2D eigenvalue weighted by molar-refractivity contribution is 5.82. The molecule has 1 unspecified atom stereocenters. The average Bonchev–Trinajstić information content (AvgIpc) is 2.74. The lowest BCUT2D eigenvalue weighted by atomic mass is 10.1. The number of carbonyl (C=O) groups excluding carboxylic acids is 1. The lowest BCUT2D eigenvalue weighted by molar-refractivity contribution is -0.131. The minimum atomic E-state index is -0.728.